The molecule has 0 aliphatic carbocycles. The number of hydrogen-bond acceptors (Lipinski definition) is 2. The van der Waals surface area contributed by atoms with Gasteiger partial charge in [-0.25, -0.2) is 13.1 Å². The highest BCUT2D eigenvalue weighted by Gasteiger charge is 2.32. The van der Waals surface area contributed by atoms with Gasteiger partial charge in [-0.1, -0.05) is 18.5 Å². The lowest BCUT2D eigenvalue weighted by molar-refractivity contribution is 0.449. The van der Waals surface area contributed by atoms with Crippen molar-refractivity contribution in [3.8, 4) is 0 Å². The van der Waals surface area contributed by atoms with Crippen LogP contribution >= 0.6 is 34.8 Å². The maximum atomic E-state index is 12.2. The molecule has 0 atom stereocenters. The molecule has 0 fully saturated rings. The number of hydrogen-bond donors (Lipinski definition) is 1. The largest absolute Gasteiger partial charge is 0.241 e. The molecule has 1 aromatic rings. The van der Waals surface area contributed by atoms with Crippen LogP contribution in [-0.2, 0) is 10.0 Å². The molecule has 0 spiro atoms. The zero-order chi connectivity index (χ0) is 13.8. The molecule has 1 rings (SSSR count). The van der Waals surface area contributed by atoms with Crippen LogP contribution in [0, 0.1) is 0 Å². The molecule has 0 aliphatic heterocycles. The summed E-state index contributed by atoms with van der Waals surface area (Å²) < 4.78 is 26.9. The lowest BCUT2D eigenvalue weighted by Crippen LogP contribution is -2.51. The third-order valence-corrected chi connectivity index (χ3v) is 5.53. The Labute approximate surface area is 122 Å². The minimum absolute atomic E-state index is 0.111. The summed E-state index contributed by atoms with van der Waals surface area (Å²) in [5.74, 6) is 0.222. The van der Waals surface area contributed by atoms with Crippen molar-refractivity contribution in [3.63, 3.8) is 0 Å². The Morgan fingerprint density at radius 3 is 2.06 bits per heavy atom. The van der Waals surface area contributed by atoms with Crippen molar-refractivity contribution in [2.75, 3.05) is 11.8 Å². The molecule has 0 amide bonds. The van der Waals surface area contributed by atoms with Crippen LogP contribution in [0.1, 0.15) is 13.3 Å². The van der Waals surface area contributed by atoms with Crippen LogP contribution in [0.15, 0.2) is 29.2 Å². The first-order valence-electron chi connectivity index (χ1n) is 5.30. The van der Waals surface area contributed by atoms with Gasteiger partial charge < -0.3 is 0 Å². The van der Waals surface area contributed by atoms with Gasteiger partial charge in [0.05, 0.1) is 10.4 Å². The zero-order valence-corrected chi connectivity index (χ0v) is 12.9. The van der Waals surface area contributed by atoms with Gasteiger partial charge in [0.2, 0.25) is 10.0 Å². The first kappa shape index (κ1) is 16.1. The molecule has 0 radical (unpaired) electrons. The van der Waals surface area contributed by atoms with Crippen LogP contribution in [0.4, 0.5) is 0 Å². The number of sulfonamides is 1. The minimum Gasteiger partial charge on any atom is -0.207 e. The summed E-state index contributed by atoms with van der Waals surface area (Å²) >= 11 is 17.3. The Kier molecular flexibility index (Phi) is 5.74. The molecule has 3 nitrogen and oxygen atoms in total. The summed E-state index contributed by atoms with van der Waals surface area (Å²) in [5.41, 5.74) is -0.832. The van der Waals surface area contributed by atoms with E-state index in [-0.39, 0.29) is 16.7 Å². The second-order valence-electron chi connectivity index (χ2n) is 3.96. The summed E-state index contributed by atoms with van der Waals surface area (Å²) in [4.78, 5) is 0.139. The fraction of sp³-hybridized carbons (Fsp3) is 0.455. The Morgan fingerprint density at radius 1 is 1.17 bits per heavy atom. The van der Waals surface area contributed by atoms with E-state index >= 15 is 0 Å². The minimum atomic E-state index is -3.65. The number of nitrogens with one attached hydrogen (secondary N) is 1. The summed E-state index contributed by atoms with van der Waals surface area (Å²) in [7, 11) is -3.65. The molecular weight excluding hydrogens is 317 g/mol. The van der Waals surface area contributed by atoms with Crippen molar-refractivity contribution < 1.29 is 8.42 Å². The van der Waals surface area contributed by atoms with Gasteiger partial charge in [-0.3, -0.25) is 0 Å². The molecule has 0 aromatic heterocycles. The van der Waals surface area contributed by atoms with Crippen molar-refractivity contribution >= 4 is 44.8 Å². The second-order valence-corrected chi connectivity index (χ2v) is 6.61. The maximum Gasteiger partial charge on any atom is 0.241 e. The fourth-order valence-corrected chi connectivity index (χ4v) is 3.86. The highest BCUT2D eigenvalue weighted by Crippen LogP contribution is 2.20. The average Bonchev–Trinajstić information content (AvgIpc) is 2.37. The van der Waals surface area contributed by atoms with Crippen molar-refractivity contribution in [3.05, 3.63) is 29.3 Å². The van der Waals surface area contributed by atoms with Crippen LogP contribution in [-0.4, -0.2) is 25.7 Å². The SMILES string of the molecule is CCC(CCl)(CCl)NS(=O)(=O)c1ccc(Cl)cc1. The van der Waals surface area contributed by atoms with Gasteiger partial charge >= 0.3 is 0 Å². The predicted octanol–water partition coefficient (Wildman–Crippen LogP) is 3.24. The van der Waals surface area contributed by atoms with Crippen LogP contribution in [0.25, 0.3) is 0 Å². The molecule has 0 saturated heterocycles. The van der Waals surface area contributed by atoms with Gasteiger partial charge in [0.25, 0.3) is 0 Å². The molecule has 1 N–H and O–H groups in total. The molecule has 102 valence electrons. The van der Waals surface area contributed by atoms with Gasteiger partial charge in [0.1, 0.15) is 0 Å². The molecule has 7 heteroatoms. The van der Waals surface area contributed by atoms with Crippen LogP contribution in [0.5, 0.6) is 0 Å². The summed E-state index contributed by atoms with van der Waals surface area (Å²) in [6.45, 7) is 1.83. The van der Waals surface area contributed by atoms with Gasteiger partial charge in [-0.15, -0.1) is 23.2 Å². The van der Waals surface area contributed by atoms with E-state index < -0.39 is 15.6 Å². The topological polar surface area (TPSA) is 46.2 Å². The van der Waals surface area contributed by atoms with E-state index in [1.807, 2.05) is 6.92 Å². The van der Waals surface area contributed by atoms with E-state index in [4.69, 9.17) is 34.8 Å². The van der Waals surface area contributed by atoms with Crippen molar-refractivity contribution in [2.24, 2.45) is 0 Å². The highest BCUT2D eigenvalue weighted by molar-refractivity contribution is 7.89. The third kappa shape index (κ3) is 3.75. The van der Waals surface area contributed by atoms with Crippen LogP contribution in [0.2, 0.25) is 5.02 Å². The first-order chi connectivity index (χ1) is 8.39. The van der Waals surface area contributed by atoms with Crippen LogP contribution < -0.4 is 4.72 Å². The third-order valence-electron chi connectivity index (χ3n) is 2.66. The van der Waals surface area contributed by atoms with E-state index in [0.29, 0.717) is 11.4 Å². The summed E-state index contributed by atoms with van der Waals surface area (Å²) in [6, 6.07) is 5.91. The lowest BCUT2D eigenvalue weighted by Gasteiger charge is -2.29. The van der Waals surface area contributed by atoms with Gasteiger partial charge in [0.15, 0.2) is 0 Å². The number of halogens is 3. The molecule has 18 heavy (non-hydrogen) atoms. The van der Waals surface area contributed by atoms with Crippen LogP contribution in [0.3, 0.4) is 0 Å². The monoisotopic (exact) mass is 329 g/mol. The van der Waals surface area contributed by atoms with E-state index in [9.17, 15) is 8.42 Å². The zero-order valence-electron chi connectivity index (χ0n) is 9.79. The van der Waals surface area contributed by atoms with Crippen molar-refractivity contribution in [2.45, 2.75) is 23.8 Å². The van der Waals surface area contributed by atoms with Gasteiger partial charge in [0, 0.05) is 16.8 Å². The fourth-order valence-electron chi connectivity index (χ4n) is 1.31. The second kappa shape index (κ2) is 6.44. The summed E-state index contributed by atoms with van der Waals surface area (Å²) in [6.07, 6.45) is 0.507. The summed E-state index contributed by atoms with van der Waals surface area (Å²) in [5, 5.41) is 0.477. The maximum absolute atomic E-state index is 12.2. The predicted molar refractivity (Wildman–Crippen MR) is 76.2 cm³/mol. The quantitative estimate of drug-likeness (QED) is 0.814. The normalized spacial score (nSPS) is 12.7. The van der Waals surface area contributed by atoms with Crippen molar-refractivity contribution in [1.82, 2.24) is 4.72 Å². The number of benzene rings is 1. The van der Waals surface area contributed by atoms with Crippen molar-refractivity contribution in [1.29, 1.82) is 0 Å². The van der Waals surface area contributed by atoms with Gasteiger partial charge in [-0.05, 0) is 30.7 Å². The lowest BCUT2D eigenvalue weighted by atomic mass is 10.0. The smallest absolute Gasteiger partial charge is 0.207 e. The number of rotatable bonds is 6. The molecule has 1 aromatic carbocycles. The average molecular weight is 331 g/mol. The molecular formula is C11H14Cl3NO2S. The Bertz CT molecular complexity index is 475. The molecule has 0 bridgehead atoms. The van der Waals surface area contributed by atoms with Gasteiger partial charge in [-0.2, -0.15) is 0 Å². The van der Waals surface area contributed by atoms with E-state index in [1.165, 1.54) is 24.3 Å². The standard InChI is InChI=1S/C11H14Cl3NO2S/c1-2-11(7-12,8-13)15-18(16,17)10-5-3-9(14)4-6-10/h3-6,15H,2,7-8H2,1H3. The number of alkyl halides is 2. The van der Waals surface area contributed by atoms with E-state index in [1.54, 1.807) is 0 Å². The Balaban J connectivity index is 3.04. The Hall–Kier alpha value is -0.000000000000000111. The Morgan fingerprint density at radius 2 is 1.67 bits per heavy atom. The molecule has 0 aliphatic rings. The molecule has 0 unspecified atom stereocenters. The molecule has 0 saturated carbocycles. The highest BCUT2D eigenvalue weighted by atomic mass is 35.5. The van der Waals surface area contributed by atoms with E-state index in [0.717, 1.165) is 0 Å². The van der Waals surface area contributed by atoms with E-state index in [2.05, 4.69) is 4.72 Å². The molecule has 0 heterocycles. The first-order valence-corrected chi connectivity index (χ1v) is 8.23.